The van der Waals surface area contributed by atoms with Crippen LogP contribution in [0.5, 0.6) is 0 Å². The van der Waals surface area contributed by atoms with Gasteiger partial charge in [0.1, 0.15) is 17.5 Å². The molecule has 2 saturated heterocycles. The van der Waals surface area contributed by atoms with Crippen LogP contribution in [0.25, 0.3) is 0 Å². The summed E-state index contributed by atoms with van der Waals surface area (Å²) in [6.07, 6.45) is 6.58. The van der Waals surface area contributed by atoms with Gasteiger partial charge >= 0.3 is 0 Å². The number of hydrogen-bond acceptors (Lipinski definition) is 6. The summed E-state index contributed by atoms with van der Waals surface area (Å²) in [5.41, 5.74) is 2.89. The van der Waals surface area contributed by atoms with E-state index in [1.54, 1.807) is 0 Å². The summed E-state index contributed by atoms with van der Waals surface area (Å²) in [6, 6.07) is 11.3. The monoisotopic (exact) mass is 482 g/mol. The van der Waals surface area contributed by atoms with Crippen molar-refractivity contribution in [3.63, 3.8) is 0 Å². The second-order valence-electron chi connectivity index (χ2n) is 9.96. The fourth-order valence-corrected chi connectivity index (χ4v) is 7.64. The fourth-order valence-electron chi connectivity index (χ4n) is 6.14. The van der Waals surface area contributed by atoms with Crippen molar-refractivity contribution in [1.29, 1.82) is 5.26 Å². The van der Waals surface area contributed by atoms with E-state index in [1.807, 2.05) is 12.1 Å². The molecule has 2 N–H and O–H groups in total. The molecule has 8 heteroatoms. The first-order valence-corrected chi connectivity index (χ1v) is 13.5. The molecule has 2 saturated carbocycles. The van der Waals surface area contributed by atoms with Gasteiger partial charge in [-0.15, -0.1) is 0 Å². The van der Waals surface area contributed by atoms with Gasteiger partial charge < -0.3 is 15.3 Å². The molecule has 0 radical (unpaired) electrons. The number of rotatable bonds is 5. The molecule has 4 fully saturated rings. The quantitative estimate of drug-likeness (QED) is 0.666. The van der Waals surface area contributed by atoms with Crippen molar-refractivity contribution in [2.24, 2.45) is 0 Å². The van der Waals surface area contributed by atoms with Crippen LogP contribution in [0.1, 0.15) is 61.3 Å². The summed E-state index contributed by atoms with van der Waals surface area (Å²) in [4.78, 5) is 7.96. The predicted molar refractivity (Wildman–Crippen MR) is 129 cm³/mol. The molecule has 3 atom stereocenters. The molecule has 7 rings (SSSR count). The molecular weight excluding hydrogens is 456 g/mol. The number of nitrogens with one attached hydrogen (secondary N) is 1. The van der Waals surface area contributed by atoms with Crippen molar-refractivity contribution >= 4 is 33.9 Å². The Hall–Kier alpha value is -2.14. The topological polar surface area (TPSA) is 89.2 Å². The minimum atomic E-state index is -1.17. The summed E-state index contributed by atoms with van der Waals surface area (Å²) in [5, 5.41) is 24.5. The van der Waals surface area contributed by atoms with Crippen molar-refractivity contribution in [3.8, 4) is 6.07 Å². The first-order chi connectivity index (χ1) is 16.0. The lowest BCUT2D eigenvalue weighted by atomic mass is 9.71. The minimum Gasteiger partial charge on any atom is -0.394 e. The summed E-state index contributed by atoms with van der Waals surface area (Å²) in [7, 11) is -1.17. The number of pyridine rings is 1. The molecule has 2 aromatic rings. The van der Waals surface area contributed by atoms with Gasteiger partial charge in [-0.3, -0.25) is 4.21 Å². The maximum atomic E-state index is 12.9. The van der Waals surface area contributed by atoms with E-state index in [1.165, 1.54) is 5.56 Å². The van der Waals surface area contributed by atoms with Crippen molar-refractivity contribution in [1.82, 2.24) is 4.98 Å². The Kier molecular flexibility index (Phi) is 5.17. The Morgan fingerprint density at radius 2 is 1.97 bits per heavy atom. The number of anilines is 2. The van der Waals surface area contributed by atoms with Gasteiger partial charge in [0, 0.05) is 29.3 Å². The number of aromatic nitrogens is 1. The second-order valence-corrected chi connectivity index (χ2v) is 11.9. The van der Waals surface area contributed by atoms with Crippen LogP contribution >= 0.6 is 11.6 Å². The number of hydrogen-bond donors (Lipinski definition) is 2. The van der Waals surface area contributed by atoms with Gasteiger partial charge in [-0.05, 0) is 62.1 Å². The highest BCUT2D eigenvalue weighted by Crippen LogP contribution is 2.50. The maximum Gasteiger partial charge on any atom is 0.149 e. The van der Waals surface area contributed by atoms with Gasteiger partial charge in [0.15, 0.2) is 0 Å². The third-order valence-electron chi connectivity index (χ3n) is 8.10. The molecule has 33 heavy (non-hydrogen) atoms. The number of aliphatic hydroxyl groups is 1. The van der Waals surface area contributed by atoms with Crippen LogP contribution in [0.15, 0.2) is 29.2 Å². The zero-order valence-electron chi connectivity index (χ0n) is 18.4. The predicted octanol–water partition coefficient (Wildman–Crippen LogP) is 4.12. The lowest BCUT2D eigenvalue weighted by Gasteiger charge is -2.56. The van der Waals surface area contributed by atoms with Crippen LogP contribution in [0, 0.1) is 11.3 Å². The molecule has 172 valence electrons. The van der Waals surface area contributed by atoms with E-state index in [2.05, 4.69) is 28.4 Å². The van der Waals surface area contributed by atoms with Gasteiger partial charge in [0.2, 0.25) is 0 Å². The lowest BCUT2D eigenvalue weighted by molar-refractivity contribution is 0.144. The number of nitrogens with zero attached hydrogens (tertiary/aromatic N) is 3. The average molecular weight is 483 g/mol. The van der Waals surface area contributed by atoms with Gasteiger partial charge in [-0.2, -0.15) is 5.26 Å². The van der Waals surface area contributed by atoms with Crippen molar-refractivity contribution < 1.29 is 9.32 Å². The molecule has 1 aromatic carbocycles. The van der Waals surface area contributed by atoms with E-state index < -0.39 is 16.3 Å². The van der Waals surface area contributed by atoms with E-state index in [9.17, 15) is 14.6 Å². The fraction of sp³-hybridized carbons (Fsp3) is 0.520. The standard InChI is InChI=1S/C25H27ClN4O2S/c26-17-4-2-15(3-5-17)16-10-18-12-19(11-16)30(18)24-20(13-27)22(29-25(14-31)7-1-8-25)23-21(28-24)6-9-33(23)32/h2-5,16,18-19,31H,1,6-12,14H2,(H,28,29)/t16?,18?,19?,33-/m0/s1. The first kappa shape index (κ1) is 21.4. The van der Waals surface area contributed by atoms with E-state index in [0.717, 1.165) is 55.1 Å². The molecule has 5 aliphatic rings. The third-order valence-corrected chi connectivity index (χ3v) is 9.82. The normalized spacial score (nSPS) is 28.9. The highest BCUT2D eigenvalue weighted by Gasteiger charge is 2.48. The molecule has 2 unspecified atom stereocenters. The number of aliphatic hydroxyl groups excluding tert-OH is 1. The van der Waals surface area contributed by atoms with Crippen molar-refractivity contribution in [2.45, 2.75) is 73.4 Å². The molecular formula is C25H27ClN4O2S. The largest absolute Gasteiger partial charge is 0.394 e. The Morgan fingerprint density at radius 1 is 1.24 bits per heavy atom. The Bertz CT molecular complexity index is 1160. The Balaban J connectivity index is 1.36. The third kappa shape index (κ3) is 3.38. The Labute approximate surface area is 201 Å². The number of benzene rings is 1. The number of fused-ring (bicyclic) bond motifs is 3. The zero-order valence-corrected chi connectivity index (χ0v) is 20.0. The van der Waals surface area contributed by atoms with Crippen LogP contribution in [0.4, 0.5) is 11.5 Å². The molecule has 0 spiro atoms. The first-order valence-electron chi connectivity index (χ1n) is 11.8. The zero-order chi connectivity index (χ0) is 22.7. The second kappa shape index (κ2) is 7.97. The summed E-state index contributed by atoms with van der Waals surface area (Å²) in [6.45, 7) is 0.00860. The SMILES string of the molecule is N#Cc1c(N2C3CC(c4ccc(Cl)cc4)CC2C3)nc2c(c1NC1(CO)CCC1)[S@@](=O)CC2. The number of halogens is 1. The van der Waals surface area contributed by atoms with Crippen LogP contribution in [0.3, 0.4) is 0 Å². The smallest absolute Gasteiger partial charge is 0.149 e. The highest BCUT2D eigenvalue weighted by molar-refractivity contribution is 7.85. The summed E-state index contributed by atoms with van der Waals surface area (Å²) < 4.78 is 12.9. The molecule has 0 amide bonds. The molecule has 4 heterocycles. The van der Waals surface area contributed by atoms with Crippen molar-refractivity contribution in [3.05, 3.63) is 46.1 Å². The summed E-state index contributed by atoms with van der Waals surface area (Å²) >= 11 is 6.08. The Morgan fingerprint density at radius 3 is 2.58 bits per heavy atom. The molecule has 2 bridgehead atoms. The van der Waals surface area contributed by atoms with Crippen LogP contribution in [0.2, 0.25) is 5.02 Å². The van der Waals surface area contributed by atoms with Gasteiger partial charge in [-0.1, -0.05) is 23.7 Å². The minimum absolute atomic E-state index is 0.00860. The molecule has 1 aromatic heterocycles. The van der Waals surface area contributed by atoms with Crippen LogP contribution in [-0.4, -0.2) is 44.3 Å². The molecule has 2 aliphatic carbocycles. The lowest BCUT2D eigenvalue weighted by Crippen LogP contribution is -2.61. The summed E-state index contributed by atoms with van der Waals surface area (Å²) in [5.74, 6) is 1.77. The van der Waals surface area contributed by atoms with Crippen LogP contribution < -0.4 is 10.2 Å². The molecule has 3 aliphatic heterocycles. The van der Waals surface area contributed by atoms with E-state index in [4.69, 9.17) is 16.6 Å². The number of aryl methyl sites for hydroxylation is 1. The van der Waals surface area contributed by atoms with E-state index in [-0.39, 0.29) is 6.61 Å². The maximum absolute atomic E-state index is 12.9. The molecule has 6 nitrogen and oxygen atoms in total. The van der Waals surface area contributed by atoms with Gasteiger partial charge in [0.25, 0.3) is 0 Å². The van der Waals surface area contributed by atoms with E-state index >= 15 is 0 Å². The van der Waals surface area contributed by atoms with Crippen LogP contribution in [-0.2, 0) is 17.2 Å². The van der Waals surface area contributed by atoms with Crippen molar-refractivity contribution in [2.75, 3.05) is 22.6 Å². The number of nitriles is 1. The number of piperidine rings is 1. The van der Waals surface area contributed by atoms with Gasteiger partial charge in [-0.25, -0.2) is 4.98 Å². The van der Waals surface area contributed by atoms with E-state index in [0.29, 0.717) is 46.3 Å². The average Bonchev–Trinajstić information content (AvgIpc) is 3.17. The highest BCUT2D eigenvalue weighted by atomic mass is 35.5. The van der Waals surface area contributed by atoms with Gasteiger partial charge in [0.05, 0.1) is 39.2 Å².